The number of aromatic nitrogens is 1. The van der Waals surface area contributed by atoms with Crippen molar-refractivity contribution in [2.24, 2.45) is 5.84 Å². The van der Waals surface area contributed by atoms with E-state index in [1.165, 1.54) is 0 Å². The van der Waals surface area contributed by atoms with Crippen LogP contribution in [0.5, 0.6) is 5.75 Å². The molecule has 1 aromatic heterocycles. The van der Waals surface area contributed by atoms with Gasteiger partial charge in [0.05, 0.1) is 29.4 Å². The Morgan fingerprint density at radius 3 is 2.74 bits per heavy atom. The van der Waals surface area contributed by atoms with Crippen molar-refractivity contribution in [1.82, 2.24) is 10.4 Å². The lowest BCUT2D eigenvalue weighted by molar-refractivity contribution is 0.402. The predicted octanol–water partition coefficient (Wildman–Crippen LogP) is 2.95. The monoisotopic (exact) mass is 297 g/mol. The Bertz CT molecular complexity index is 578. The summed E-state index contributed by atoms with van der Waals surface area (Å²) in [7, 11) is 1.58. The summed E-state index contributed by atoms with van der Waals surface area (Å²) in [6, 6.07) is 6.90. The number of methoxy groups -OCH3 is 1. The van der Waals surface area contributed by atoms with Crippen molar-refractivity contribution in [3.63, 3.8) is 0 Å². The Kier molecular flexibility index (Phi) is 4.61. The Labute approximate surface area is 121 Å². The molecule has 0 radical (unpaired) electrons. The molecule has 3 N–H and O–H groups in total. The summed E-state index contributed by atoms with van der Waals surface area (Å²) >= 11 is 12.3. The second kappa shape index (κ2) is 6.21. The van der Waals surface area contributed by atoms with Crippen LogP contribution in [0.4, 0.5) is 0 Å². The minimum Gasteiger partial charge on any atom is -0.495 e. The number of halogens is 2. The van der Waals surface area contributed by atoms with Gasteiger partial charge in [0, 0.05) is 11.8 Å². The maximum Gasteiger partial charge on any atom is 0.142 e. The number of pyridine rings is 1. The predicted molar refractivity (Wildman–Crippen MR) is 76.4 cm³/mol. The van der Waals surface area contributed by atoms with Gasteiger partial charge in [-0.1, -0.05) is 35.3 Å². The zero-order valence-corrected chi connectivity index (χ0v) is 11.7. The molecule has 0 saturated carbocycles. The Hall–Kier alpha value is -1.33. The molecule has 0 bridgehead atoms. The number of rotatable bonds is 4. The standard InChI is InChI=1S/C13H13Cl2N3O/c1-19-11-7-17-6-5-8(11)13(18-16)9-3-2-4-10(14)12(9)15/h2-7,13,18H,16H2,1H3. The summed E-state index contributed by atoms with van der Waals surface area (Å²) < 4.78 is 5.29. The quantitative estimate of drug-likeness (QED) is 0.673. The zero-order chi connectivity index (χ0) is 13.8. The van der Waals surface area contributed by atoms with E-state index in [0.717, 1.165) is 11.1 Å². The fraction of sp³-hybridized carbons (Fsp3) is 0.154. The average Bonchev–Trinajstić information content (AvgIpc) is 2.45. The minimum atomic E-state index is -0.329. The van der Waals surface area contributed by atoms with Crippen LogP contribution < -0.4 is 16.0 Å². The number of benzene rings is 1. The van der Waals surface area contributed by atoms with E-state index in [1.54, 1.807) is 25.6 Å². The highest BCUT2D eigenvalue weighted by Crippen LogP contribution is 2.35. The molecular weight excluding hydrogens is 285 g/mol. The van der Waals surface area contributed by atoms with Crippen LogP contribution in [0.3, 0.4) is 0 Å². The molecule has 1 heterocycles. The molecule has 2 rings (SSSR count). The van der Waals surface area contributed by atoms with Crippen molar-refractivity contribution in [1.29, 1.82) is 0 Å². The normalized spacial score (nSPS) is 12.2. The largest absolute Gasteiger partial charge is 0.495 e. The van der Waals surface area contributed by atoms with Gasteiger partial charge in [0.2, 0.25) is 0 Å². The van der Waals surface area contributed by atoms with Crippen LogP contribution in [0.2, 0.25) is 10.0 Å². The van der Waals surface area contributed by atoms with Crippen LogP contribution in [0.25, 0.3) is 0 Å². The topological polar surface area (TPSA) is 60.2 Å². The van der Waals surface area contributed by atoms with Crippen molar-refractivity contribution in [3.05, 3.63) is 57.8 Å². The maximum absolute atomic E-state index is 6.23. The molecule has 0 aliphatic carbocycles. The summed E-state index contributed by atoms with van der Waals surface area (Å²) in [6.07, 6.45) is 3.29. The lowest BCUT2D eigenvalue weighted by atomic mass is 9.99. The number of hydrogen-bond donors (Lipinski definition) is 2. The van der Waals surface area contributed by atoms with Gasteiger partial charge in [-0.2, -0.15) is 0 Å². The van der Waals surface area contributed by atoms with Crippen LogP contribution in [0.1, 0.15) is 17.2 Å². The summed E-state index contributed by atoms with van der Waals surface area (Å²) in [4.78, 5) is 4.01. The van der Waals surface area contributed by atoms with E-state index in [2.05, 4.69) is 10.4 Å². The summed E-state index contributed by atoms with van der Waals surface area (Å²) in [5.74, 6) is 6.28. The molecule has 0 fully saturated rings. The third kappa shape index (κ3) is 2.82. The van der Waals surface area contributed by atoms with E-state index in [9.17, 15) is 0 Å². The number of ether oxygens (including phenoxy) is 1. The van der Waals surface area contributed by atoms with Gasteiger partial charge in [0.15, 0.2) is 0 Å². The van der Waals surface area contributed by atoms with Gasteiger partial charge in [-0.05, 0) is 17.7 Å². The molecule has 4 nitrogen and oxygen atoms in total. The Morgan fingerprint density at radius 1 is 1.26 bits per heavy atom. The van der Waals surface area contributed by atoms with Crippen LogP contribution in [0, 0.1) is 0 Å². The van der Waals surface area contributed by atoms with Gasteiger partial charge < -0.3 is 4.74 Å². The van der Waals surface area contributed by atoms with Crippen molar-refractivity contribution in [3.8, 4) is 5.75 Å². The molecule has 0 spiro atoms. The van der Waals surface area contributed by atoms with Gasteiger partial charge in [-0.3, -0.25) is 10.8 Å². The fourth-order valence-electron chi connectivity index (χ4n) is 1.89. The second-order valence-corrected chi connectivity index (χ2v) is 4.65. The van der Waals surface area contributed by atoms with Crippen molar-refractivity contribution in [2.45, 2.75) is 6.04 Å². The molecule has 19 heavy (non-hydrogen) atoms. The molecule has 0 aliphatic heterocycles. The second-order valence-electron chi connectivity index (χ2n) is 3.86. The van der Waals surface area contributed by atoms with Crippen LogP contribution in [-0.4, -0.2) is 12.1 Å². The Balaban J connectivity index is 2.53. The Morgan fingerprint density at radius 2 is 2.05 bits per heavy atom. The summed E-state index contributed by atoms with van der Waals surface area (Å²) in [6.45, 7) is 0. The lowest BCUT2D eigenvalue weighted by Gasteiger charge is -2.20. The highest BCUT2D eigenvalue weighted by atomic mass is 35.5. The van der Waals surface area contributed by atoms with E-state index in [0.29, 0.717) is 15.8 Å². The van der Waals surface area contributed by atoms with E-state index < -0.39 is 0 Å². The van der Waals surface area contributed by atoms with Crippen molar-refractivity contribution in [2.75, 3.05) is 7.11 Å². The summed E-state index contributed by atoms with van der Waals surface area (Å²) in [5.41, 5.74) is 4.34. The first kappa shape index (κ1) is 14.1. The molecular formula is C13H13Cl2N3O. The van der Waals surface area contributed by atoms with Crippen LogP contribution >= 0.6 is 23.2 Å². The highest BCUT2D eigenvalue weighted by molar-refractivity contribution is 6.42. The van der Waals surface area contributed by atoms with E-state index in [1.807, 2.05) is 18.2 Å². The van der Waals surface area contributed by atoms with Gasteiger partial charge >= 0.3 is 0 Å². The molecule has 6 heteroatoms. The third-order valence-electron chi connectivity index (χ3n) is 2.81. The molecule has 100 valence electrons. The zero-order valence-electron chi connectivity index (χ0n) is 10.2. The lowest BCUT2D eigenvalue weighted by Crippen LogP contribution is -2.29. The van der Waals surface area contributed by atoms with Crippen molar-refractivity contribution >= 4 is 23.2 Å². The number of nitrogens with zero attached hydrogens (tertiary/aromatic N) is 1. The highest BCUT2D eigenvalue weighted by Gasteiger charge is 2.20. The van der Waals surface area contributed by atoms with Gasteiger partial charge in [-0.25, -0.2) is 5.43 Å². The fourth-order valence-corrected chi connectivity index (χ4v) is 2.31. The molecule has 1 unspecified atom stereocenters. The van der Waals surface area contributed by atoms with Gasteiger partial charge in [0.25, 0.3) is 0 Å². The smallest absolute Gasteiger partial charge is 0.142 e. The first-order chi connectivity index (χ1) is 9.19. The number of nitrogens with two attached hydrogens (primary N) is 1. The molecule has 1 atom stereocenters. The van der Waals surface area contributed by atoms with E-state index in [-0.39, 0.29) is 6.04 Å². The maximum atomic E-state index is 6.23. The number of hydrogen-bond acceptors (Lipinski definition) is 4. The van der Waals surface area contributed by atoms with E-state index in [4.69, 9.17) is 33.8 Å². The number of nitrogens with one attached hydrogen (secondary N) is 1. The molecule has 2 aromatic rings. The number of hydrazine groups is 1. The first-order valence-corrected chi connectivity index (χ1v) is 6.32. The molecule has 0 aliphatic rings. The van der Waals surface area contributed by atoms with Crippen molar-refractivity contribution < 1.29 is 4.74 Å². The SMILES string of the molecule is COc1cnccc1C(NN)c1cccc(Cl)c1Cl. The molecule has 0 amide bonds. The van der Waals surface area contributed by atoms with Crippen LogP contribution in [0.15, 0.2) is 36.7 Å². The van der Waals surface area contributed by atoms with Gasteiger partial charge in [0.1, 0.15) is 5.75 Å². The molecule has 1 aromatic carbocycles. The first-order valence-electron chi connectivity index (χ1n) is 5.57. The van der Waals surface area contributed by atoms with E-state index >= 15 is 0 Å². The molecule has 0 saturated heterocycles. The summed E-state index contributed by atoms with van der Waals surface area (Å²) in [5, 5.41) is 0.943. The average molecular weight is 298 g/mol. The minimum absolute atomic E-state index is 0.329. The van der Waals surface area contributed by atoms with Gasteiger partial charge in [-0.15, -0.1) is 0 Å². The third-order valence-corrected chi connectivity index (χ3v) is 3.64. The van der Waals surface area contributed by atoms with Crippen LogP contribution in [-0.2, 0) is 0 Å².